The minimum atomic E-state index is -0.344. The summed E-state index contributed by atoms with van der Waals surface area (Å²) in [6, 6.07) is 16.8. The van der Waals surface area contributed by atoms with Crippen LogP contribution in [0, 0.1) is 12.7 Å². The first-order valence-corrected chi connectivity index (χ1v) is 6.82. The molecule has 0 unspecified atom stereocenters. The van der Waals surface area contributed by atoms with Crippen LogP contribution in [0.2, 0.25) is 0 Å². The lowest BCUT2D eigenvalue weighted by Gasteiger charge is -2.08. The van der Waals surface area contributed by atoms with Crippen molar-refractivity contribution in [2.24, 2.45) is 0 Å². The Morgan fingerprint density at radius 2 is 1.77 bits per heavy atom. The lowest BCUT2D eigenvalue weighted by Crippen LogP contribution is -2.16. The van der Waals surface area contributed by atoms with Crippen LogP contribution in [0.25, 0.3) is 5.69 Å². The van der Waals surface area contributed by atoms with E-state index in [9.17, 15) is 9.18 Å². The van der Waals surface area contributed by atoms with E-state index >= 15 is 0 Å². The average Bonchev–Trinajstić information content (AvgIpc) is 2.92. The van der Waals surface area contributed by atoms with Crippen molar-refractivity contribution in [1.82, 2.24) is 9.78 Å². The normalized spacial score (nSPS) is 10.5. The first kappa shape index (κ1) is 14.0. The summed E-state index contributed by atoms with van der Waals surface area (Å²) in [6.07, 6.45) is 0. The second-order valence-corrected chi connectivity index (χ2v) is 4.88. The second kappa shape index (κ2) is 5.81. The number of nitrogens with zero attached hydrogens (tertiary/aromatic N) is 2. The molecule has 0 aliphatic rings. The maximum Gasteiger partial charge on any atom is 0.274 e. The molecule has 0 saturated heterocycles. The van der Waals surface area contributed by atoms with Crippen molar-refractivity contribution in [3.63, 3.8) is 0 Å². The van der Waals surface area contributed by atoms with Gasteiger partial charge in [-0.1, -0.05) is 18.2 Å². The lowest BCUT2D eigenvalue weighted by atomic mass is 10.2. The average molecular weight is 295 g/mol. The lowest BCUT2D eigenvalue weighted by molar-refractivity contribution is 0.101. The first-order valence-electron chi connectivity index (χ1n) is 6.82. The summed E-state index contributed by atoms with van der Waals surface area (Å²) in [5.74, 6) is -0.640. The SMILES string of the molecule is Cc1cc(C(=O)Nc2ccc(F)cc2)n(-c2ccccc2)n1. The molecule has 2 aromatic carbocycles. The molecule has 4 nitrogen and oxygen atoms in total. The number of aryl methyl sites for hydroxylation is 1. The smallest absolute Gasteiger partial charge is 0.274 e. The van der Waals surface area contributed by atoms with Gasteiger partial charge in [0.05, 0.1) is 11.4 Å². The predicted molar refractivity (Wildman–Crippen MR) is 82.7 cm³/mol. The van der Waals surface area contributed by atoms with Crippen LogP contribution in [0.3, 0.4) is 0 Å². The first-order chi connectivity index (χ1) is 10.6. The van der Waals surface area contributed by atoms with Crippen molar-refractivity contribution >= 4 is 11.6 Å². The number of anilines is 1. The number of amides is 1. The van der Waals surface area contributed by atoms with E-state index in [1.54, 1.807) is 10.7 Å². The molecule has 110 valence electrons. The summed E-state index contributed by atoms with van der Waals surface area (Å²) in [6.45, 7) is 1.83. The molecule has 5 heteroatoms. The number of aromatic nitrogens is 2. The summed E-state index contributed by atoms with van der Waals surface area (Å²) < 4.78 is 14.5. The molecule has 0 aliphatic carbocycles. The van der Waals surface area contributed by atoms with Gasteiger partial charge in [-0.3, -0.25) is 4.79 Å². The molecule has 1 aromatic heterocycles. The number of carbonyl (C=O) groups excluding carboxylic acids is 1. The number of rotatable bonds is 3. The van der Waals surface area contributed by atoms with Crippen molar-refractivity contribution in [2.75, 3.05) is 5.32 Å². The van der Waals surface area contributed by atoms with Gasteiger partial charge >= 0.3 is 0 Å². The summed E-state index contributed by atoms with van der Waals surface area (Å²) >= 11 is 0. The molecule has 1 heterocycles. The molecule has 0 bridgehead atoms. The molecule has 0 radical (unpaired) electrons. The highest BCUT2D eigenvalue weighted by molar-refractivity contribution is 6.03. The Balaban J connectivity index is 1.91. The van der Waals surface area contributed by atoms with Gasteiger partial charge in [-0.05, 0) is 49.4 Å². The molecular formula is C17H14FN3O. The Bertz CT molecular complexity index is 795. The Labute approximate surface area is 127 Å². The molecule has 0 spiro atoms. The maximum atomic E-state index is 12.9. The van der Waals surface area contributed by atoms with E-state index in [1.165, 1.54) is 24.3 Å². The van der Waals surface area contributed by atoms with Crippen molar-refractivity contribution < 1.29 is 9.18 Å². The van der Waals surface area contributed by atoms with Crippen LogP contribution in [0.15, 0.2) is 60.7 Å². The maximum absolute atomic E-state index is 12.9. The molecular weight excluding hydrogens is 281 g/mol. The Morgan fingerprint density at radius 1 is 1.09 bits per heavy atom. The Hall–Kier alpha value is -2.95. The Morgan fingerprint density at radius 3 is 2.45 bits per heavy atom. The minimum Gasteiger partial charge on any atom is -0.321 e. The highest BCUT2D eigenvalue weighted by atomic mass is 19.1. The number of benzene rings is 2. The van der Waals surface area contributed by atoms with Gasteiger partial charge < -0.3 is 5.32 Å². The molecule has 0 fully saturated rings. The number of carbonyl (C=O) groups is 1. The fourth-order valence-electron chi connectivity index (χ4n) is 2.16. The van der Waals surface area contributed by atoms with Crippen LogP contribution in [0.4, 0.5) is 10.1 Å². The van der Waals surface area contributed by atoms with E-state index in [4.69, 9.17) is 0 Å². The van der Waals surface area contributed by atoms with Crippen LogP contribution in [0.5, 0.6) is 0 Å². The largest absolute Gasteiger partial charge is 0.321 e. The van der Waals surface area contributed by atoms with E-state index in [0.29, 0.717) is 11.4 Å². The highest BCUT2D eigenvalue weighted by Gasteiger charge is 2.15. The zero-order valence-electron chi connectivity index (χ0n) is 12.0. The monoisotopic (exact) mass is 295 g/mol. The quantitative estimate of drug-likeness (QED) is 0.803. The highest BCUT2D eigenvalue weighted by Crippen LogP contribution is 2.15. The molecule has 1 N–H and O–H groups in total. The number of halogens is 1. The molecule has 3 rings (SSSR count). The van der Waals surface area contributed by atoms with Gasteiger partial charge in [0.1, 0.15) is 11.5 Å². The van der Waals surface area contributed by atoms with E-state index in [0.717, 1.165) is 11.4 Å². The third kappa shape index (κ3) is 2.88. The minimum absolute atomic E-state index is 0.295. The number of nitrogens with one attached hydrogen (secondary N) is 1. The van der Waals surface area contributed by atoms with E-state index in [-0.39, 0.29) is 11.7 Å². The molecule has 0 saturated carbocycles. The second-order valence-electron chi connectivity index (χ2n) is 4.88. The topological polar surface area (TPSA) is 46.9 Å². The molecule has 3 aromatic rings. The molecule has 1 amide bonds. The van der Waals surface area contributed by atoms with Crippen LogP contribution in [-0.4, -0.2) is 15.7 Å². The third-order valence-corrected chi connectivity index (χ3v) is 3.17. The van der Waals surface area contributed by atoms with Crippen molar-refractivity contribution in [2.45, 2.75) is 6.92 Å². The van der Waals surface area contributed by atoms with Crippen LogP contribution in [0.1, 0.15) is 16.2 Å². The summed E-state index contributed by atoms with van der Waals surface area (Å²) in [7, 11) is 0. The van der Waals surface area contributed by atoms with Crippen molar-refractivity contribution in [1.29, 1.82) is 0 Å². The molecule has 0 aliphatic heterocycles. The Kier molecular flexibility index (Phi) is 3.70. The van der Waals surface area contributed by atoms with Gasteiger partial charge in [0.2, 0.25) is 0 Å². The van der Waals surface area contributed by atoms with Crippen molar-refractivity contribution in [3.05, 3.63) is 77.9 Å². The number of hydrogen-bond acceptors (Lipinski definition) is 2. The number of para-hydroxylation sites is 1. The van der Waals surface area contributed by atoms with E-state index < -0.39 is 0 Å². The standard InChI is InChI=1S/C17H14FN3O/c1-12-11-16(21(20-12)15-5-3-2-4-6-15)17(22)19-14-9-7-13(18)8-10-14/h2-11H,1H3,(H,19,22). The summed E-state index contributed by atoms with van der Waals surface area (Å²) in [5, 5.41) is 7.10. The van der Waals surface area contributed by atoms with Gasteiger partial charge in [-0.2, -0.15) is 5.10 Å². The van der Waals surface area contributed by atoms with Crippen LogP contribution in [-0.2, 0) is 0 Å². The van der Waals surface area contributed by atoms with Crippen LogP contribution < -0.4 is 5.32 Å². The van der Waals surface area contributed by atoms with E-state index in [1.807, 2.05) is 37.3 Å². The summed E-state index contributed by atoms with van der Waals surface area (Å²) in [4.78, 5) is 12.4. The van der Waals surface area contributed by atoms with E-state index in [2.05, 4.69) is 10.4 Å². The predicted octanol–water partition coefficient (Wildman–Crippen LogP) is 3.57. The van der Waals surface area contributed by atoms with Gasteiger partial charge in [-0.15, -0.1) is 0 Å². The molecule has 0 atom stereocenters. The van der Waals surface area contributed by atoms with Crippen molar-refractivity contribution in [3.8, 4) is 5.69 Å². The fourth-order valence-corrected chi connectivity index (χ4v) is 2.16. The van der Waals surface area contributed by atoms with Gasteiger partial charge in [0, 0.05) is 5.69 Å². The fraction of sp³-hybridized carbons (Fsp3) is 0.0588. The molecule has 22 heavy (non-hydrogen) atoms. The van der Waals surface area contributed by atoms with Gasteiger partial charge in [-0.25, -0.2) is 9.07 Å². The number of hydrogen-bond donors (Lipinski definition) is 1. The van der Waals surface area contributed by atoms with Gasteiger partial charge in [0.25, 0.3) is 5.91 Å². The zero-order chi connectivity index (χ0) is 15.5. The third-order valence-electron chi connectivity index (χ3n) is 3.17. The zero-order valence-corrected chi connectivity index (χ0v) is 12.0. The summed E-state index contributed by atoms with van der Waals surface area (Å²) in [5.41, 5.74) is 2.51. The van der Waals surface area contributed by atoms with Gasteiger partial charge in [0.15, 0.2) is 0 Å². The van der Waals surface area contributed by atoms with Crippen LogP contribution >= 0.6 is 0 Å².